The molecule has 6 rings (SSSR count). The molecule has 5 heteroatoms. The minimum Gasteiger partial charge on any atom is -0.160 e. The first-order chi connectivity index (χ1) is 19.9. The fourth-order valence-electron chi connectivity index (χ4n) is 5.34. The molecule has 0 aliphatic carbocycles. The third-order valence-electron chi connectivity index (χ3n) is 6.90. The fourth-order valence-corrected chi connectivity index (χ4v) is 10.7. The quantitative estimate of drug-likeness (QED) is 0.0958. The van der Waals surface area contributed by atoms with Crippen molar-refractivity contribution in [2.24, 2.45) is 0 Å². The van der Waals surface area contributed by atoms with Gasteiger partial charge in [-0.25, -0.2) is 0 Å². The minimum atomic E-state index is -0.556. The summed E-state index contributed by atoms with van der Waals surface area (Å²) < 4.78 is 0. The maximum Gasteiger partial charge on any atom is -0.0166 e. The molecule has 0 fully saturated rings. The molecule has 0 aromatic heterocycles. The van der Waals surface area contributed by atoms with Crippen molar-refractivity contribution < 1.29 is 17.0 Å². The Morgan fingerprint density at radius 2 is 0.902 bits per heavy atom. The second-order valence-electron chi connectivity index (χ2n) is 10.4. The van der Waals surface area contributed by atoms with Crippen LogP contribution in [0.2, 0.25) is 0 Å². The van der Waals surface area contributed by atoms with Crippen LogP contribution in [-0.4, -0.2) is 11.3 Å². The van der Waals surface area contributed by atoms with Gasteiger partial charge in [-0.3, -0.25) is 0 Å². The van der Waals surface area contributed by atoms with Crippen molar-refractivity contribution in [1.82, 2.24) is 0 Å². The molecule has 6 aromatic rings. The summed E-state index contributed by atoms with van der Waals surface area (Å²) in [6.07, 6.45) is 0. The van der Waals surface area contributed by atoms with E-state index in [1.165, 1.54) is 37.5 Å². The van der Waals surface area contributed by atoms with E-state index in [0.717, 1.165) is 11.3 Å². The van der Waals surface area contributed by atoms with Crippen LogP contribution in [0.5, 0.6) is 0 Å². The van der Waals surface area contributed by atoms with Gasteiger partial charge in [0.2, 0.25) is 0 Å². The van der Waals surface area contributed by atoms with E-state index in [9.17, 15) is 0 Å². The largest absolute Gasteiger partial charge is 0.160 e. The van der Waals surface area contributed by atoms with Crippen molar-refractivity contribution in [3.8, 4) is 0 Å². The van der Waals surface area contributed by atoms with E-state index in [1.807, 2.05) is 0 Å². The molecule has 0 atom stereocenters. The summed E-state index contributed by atoms with van der Waals surface area (Å²) in [4.78, 5) is 0. The molecule has 0 heterocycles. The predicted octanol–water partition coefficient (Wildman–Crippen LogP) is 10.2. The number of halogens is 2. The Bertz CT molecular complexity index is 1490. The van der Waals surface area contributed by atoms with Crippen LogP contribution in [0.15, 0.2) is 133 Å². The summed E-state index contributed by atoms with van der Waals surface area (Å²) in [6.45, 7) is 9.40. The van der Waals surface area contributed by atoms with Crippen molar-refractivity contribution in [3.63, 3.8) is 0 Å². The van der Waals surface area contributed by atoms with Gasteiger partial charge >= 0.3 is 35.6 Å². The zero-order chi connectivity index (χ0) is 29.2. The van der Waals surface area contributed by atoms with Crippen molar-refractivity contribution in [3.05, 3.63) is 133 Å². The first-order valence-corrected chi connectivity index (χ1v) is 21.0. The van der Waals surface area contributed by atoms with Crippen molar-refractivity contribution in [1.29, 1.82) is 0 Å². The van der Waals surface area contributed by atoms with Gasteiger partial charge in [0.15, 0.2) is 0 Å². The molecule has 41 heavy (non-hydrogen) atoms. The zero-order valence-corrected chi connectivity index (χ0v) is 28.9. The number of hydrogen-bond donors (Lipinski definition) is 0. The SMILES string of the molecule is CC(C)P(c1cc2ccccc2[cH-]1)C(C)C.[Cl][Ti][Cl].c1ccc(P(c2ccccc2)c2cc3ccccc3[cH-]2)cc1. The van der Waals surface area contributed by atoms with Gasteiger partial charge in [-0.05, 0) is 29.8 Å². The Kier molecular flexibility index (Phi) is 12.7. The second kappa shape index (κ2) is 16.2. The molecule has 0 bridgehead atoms. The van der Waals surface area contributed by atoms with E-state index >= 15 is 0 Å². The maximum absolute atomic E-state index is 4.89. The standard InChI is InChI=1S/C21H16P.C15H20P.2ClH.Ti/c1-3-11-19(12-4-1)22(20-13-5-2-6-14-20)21-15-17-9-7-8-10-18(17)16-21;1-11(2)16(12(3)4)15-9-13-7-5-6-8-14(13)10-15;;;/h1-16H;5-12H,1-4H3;2*1H;/q2*-1;;;+2/p-2. The van der Waals surface area contributed by atoms with Gasteiger partial charge in [-0.2, -0.15) is 12.1 Å². The van der Waals surface area contributed by atoms with Gasteiger partial charge in [-0.1, -0.05) is 108 Å². The van der Waals surface area contributed by atoms with Gasteiger partial charge in [0.25, 0.3) is 0 Å². The van der Waals surface area contributed by atoms with Crippen LogP contribution in [0.3, 0.4) is 0 Å². The summed E-state index contributed by atoms with van der Waals surface area (Å²) in [5.74, 6) is 0. The first kappa shape index (κ1) is 32.2. The summed E-state index contributed by atoms with van der Waals surface area (Å²) in [5, 5.41) is 11.2. The monoisotopic (exact) mass is 648 g/mol. The second-order valence-corrected chi connectivity index (χ2v) is 18.6. The molecule has 0 N–H and O–H groups in total. The molecular formula is C36H36Cl2P2Ti-2. The normalized spacial score (nSPS) is 11.1. The average Bonchev–Trinajstić information content (AvgIpc) is 3.59. The molecule has 0 spiro atoms. The Morgan fingerprint density at radius 1 is 0.537 bits per heavy atom. The minimum absolute atomic E-state index is 0.0206. The van der Waals surface area contributed by atoms with E-state index in [4.69, 9.17) is 18.6 Å². The molecule has 0 saturated heterocycles. The molecule has 0 unspecified atom stereocenters. The number of rotatable bonds is 6. The number of fused-ring (bicyclic) bond motifs is 2. The molecule has 0 radical (unpaired) electrons. The third-order valence-corrected chi connectivity index (χ3v) is 12.4. The molecule has 0 aliphatic heterocycles. The molecular weight excluding hydrogens is 613 g/mol. The van der Waals surface area contributed by atoms with E-state index in [1.54, 1.807) is 5.30 Å². The zero-order valence-electron chi connectivity index (χ0n) is 24.0. The topological polar surface area (TPSA) is 0 Å². The van der Waals surface area contributed by atoms with E-state index in [2.05, 4.69) is 161 Å². The van der Waals surface area contributed by atoms with Crippen LogP contribution in [0.1, 0.15) is 27.7 Å². The van der Waals surface area contributed by atoms with Crippen LogP contribution in [0, 0.1) is 0 Å². The van der Waals surface area contributed by atoms with Crippen molar-refractivity contribution in [2.75, 3.05) is 0 Å². The summed E-state index contributed by atoms with van der Waals surface area (Å²) >= 11 is -0.556. The van der Waals surface area contributed by atoms with Gasteiger partial charge in [0.05, 0.1) is 0 Å². The number of hydrogen-bond acceptors (Lipinski definition) is 0. The molecule has 0 amide bonds. The van der Waals surface area contributed by atoms with Crippen LogP contribution >= 0.6 is 34.5 Å². The summed E-state index contributed by atoms with van der Waals surface area (Å²) in [5.41, 5.74) is 1.54. The predicted molar refractivity (Wildman–Crippen MR) is 186 cm³/mol. The van der Waals surface area contributed by atoms with E-state index < -0.39 is 25.0 Å². The van der Waals surface area contributed by atoms with E-state index in [0.29, 0.717) is 0 Å². The Morgan fingerprint density at radius 3 is 1.32 bits per heavy atom. The smallest absolute Gasteiger partial charge is 0.0166 e. The molecule has 6 aromatic carbocycles. The molecule has 210 valence electrons. The van der Waals surface area contributed by atoms with E-state index in [-0.39, 0.29) is 7.92 Å². The molecule has 0 aliphatic rings. The van der Waals surface area contributed by atoms with Crippen LogP contribution in [-0.2, 0) is 17.0 Å². The summed E-state index contributed by atoms with van der Waals surface area (Å²) in [6, 6.07) is 48.5. The van der Waals surface area contributed by atoms with Crippen LogP contribution in [0.25, 0.3) is 21.5 Å². The van der Waals surface area contributed by atoms with Gasteiger partial charge in [-0.15, -0.1) is 80.7 Å². The first-order valence-electron chi connectivity index (χ1n) is 13.9. The van der Waals surface area contributed by atoms with Crippen molar-refractivity contribution in [2.45, 2.75) is 39.0 Å². The number of benzene rings is 4. The van der Waals surface area contributed by atoms with Crippen LogP contribution < -0.4 is 21.2 Å². The summed E-state index contributed by atoms with van der Waals surface area (Å²) in [7, 11) is 9.26. The van der Waals surface area contributed by atoms with Gasteiger partial charge in [0, 0.05) is 0 Å². The Hall–Kier alpha value is -1.75. The third kappa shape index (κ3) is 8.65. The average molecular weight is 649 g/mol. The Labute approximate surface area is 265 Å². The maximum atomic E-state index is 4.89. The van der Waals surface area contributed by atoms with Crippen LogP contribution in [0.4, 0.5) is 0 Å². The molecule has 0 nitrogen and oxygen atoms in total. The fraction of sp³-hybridized carbons (Fsp3) is 0.167. The van der Waals surface area contributed by atoms with Crippen molar-refractivity contribution >= 4 is 77.2 Å². The molecule has 0 saturated carbocycles. The Balaban J connectivity index is 0.000000180. The van der Waals surface area contributed by atoms with Gasteiger partial charge < -0.3 is 0 Å². The van der Waals surface area contributed by atoms with Gasteiger partial charge in [0.1, 0.15) is 0 Å².